The Morgan fingerprint density at radius 1 is 1.26 bits per heavy atom. The Bertz CT molecular complexity index is 662. The number of nitrogens with one attached hydrogen (secondary N) is 2. The number of carbonyl (C=O) groups is 1. The number of aromatic nitrogens is 2. The molecule has 1 aliphatic carbocycles. The number of amides is 2. The SMILES string of the molecule is Cc1cccc(-c2nnc(CNC(=O)NC3CCCCC3)o2)c1. The third-order valence-electron chi connectivity index (χ3n) is 4.07. The van der Waals surface area contributed by atoms with Crippen molar-refractivity contribution >= 4 is 6.03 Å². The third-order valence-corrected chi connectivity index (χ3v) is 4.07. The second-order valence-electron chi connectivity index (χ2n) is 6.03. The average molecular weight is 314 g/mol. The zero-order valence-electron chi connectivity index (χ0n) is 13.3. The van der Waals surface area contributed by atoms with Gasteiger partial charge in [-0.3, -0.25) is 0 Å². The Hall–Kier alpha value is -2.37. The number of carbonyl (C=O) groups excluding carboxylic acids is 1. The molecule has 6 heteroatoms. The van der Waals surface area contributed by atoms with Gasteiger partial charge in [0.25, 0.3) is 0 Å². The monoisotopic (exact) mass is 314 g/mol. The highest BCUT2D eigenvalue weighted by Crippen LogP contribution is 2.19. The highest BCUT2D eigenvalue weighted by molar-refractivity contribution is 5.74. The number of benzene rings is 1. The lowest BCUT2D eigenvalue weighted by molar-refractivity contribution is 0.231. The fourth-order valence-corrected chi connectivity index (χ4v) is 2.86. The normalized spacial score (nSPS) is 15.3. The average Bonchev–Trinajstić information content (AvgIpc) is 3.03. The van der Waals surface area contributed by atoms with Crippen molar-refractivity contribution in [1.29, 1.82) is 0 Å². The summed E-state index contributed by atoms with van der Waals surface area (Å²) in [5.74, 6) is 0.874. The quantitative estimate of drug-likeness (QED) is 0.908. The van der Waals surface area contributed by atoms with Gasteiger partial charge in [-0.05, 0) is 31.9 Å². The summed E-state index contributed by atoms with van der Waals surface area (Å²) in [6, 6.07) is 7.98. The van der Waals surface area contributed by atoms with Crippen molar-refractivity contribution in [2.75, 3.05) is 0 Å². The molecule has 1 aromatic carbocycles. The first-order valence-electron chi connectivity index (χ1n) is 8.14. The van der Waals surface area contributed by atoms with Crippen LogP contribution in [0.15, 0.2) is 28.7 Å². The summed E-state index contributed by atoms with van der Waals surface area (Å²) in [5.41, 5.74) is 2.02. The first-order valence-corrected chi connectivity index (χ1v) is 8.14. The highest BCUT2D eigenvalue weighted by Gasteiger charge is 2.16. The van der Waals surface area contributed by atoms with Crippen LogP contribution in [-0.4, -0.2) is 22.3 Å². The minimum atomic E-state index is -0.174. The number of aryl methyl sites for hydroxylation is 1. The van der Waals surface area contributed by atoms with Crippen molar-refractivity contribution in [3.05, 3.63) is 35.7 Å². The predicted molar refractivity (Wildman–Crippen MR) is 86.7 cm³/mol. The van der Waals surface area contributed by atoms with Crippen molar-refractivity contribution in [3.8, 4) is 11.5 Å². The smallest absolute Gasteiger partial charge is 0.315 e. The molecule has 2 aromatic rings. The van der Waals surface area contributed by atoms with Gasteiger partial charge in [-0.1, -0.05) is 37.0 Å². The lowest BCUT2D eigenvalue weighted by atomic mass is 9.96. The molecule has 0 atom stereocenters. The molecule has 1 saturated carbocycles. The molecule has 1 heterocycles. The number of rotatable bonds is 4. The molecular formula is C17H22N4O2. The molecule has 0 spiro atoms. The molecule has 23 heavy (non-hydrogen) atoms. The Labute approximate surface area is 135 Å². The second kappa shape index (κ2) is 7.26. The Kier molecular flexibility index (Phi) is 4.90. The van der Waals surface area contributed by atoms with E-state index in [1.54, 1.807) is 0 Å². The summed E-state index contributed by atoms with van der Waals surface area (Å²) in [7, 11) is 0. The van der Waals surface area contributed by atoms with Crippen LogP contribution < -0.4 is 10.6 Å². The van der Waals surface area contributed by atoms with E-state index < -0.39 is 0 Å². The first kappa shape index (κ1) is 15.5. The maximum absolute atomic E-state index is 11.9. The largest absolute Gasteiger partial charge is 0.419 e. The molecule has 0 bridgehead atoms. The zero-order chi connectivity index (χ0) is 16.1. The molecule has 2 N–H and O–H groups in total. The van der Waals surface area contributed by atoms with Gasteiger partial charge < -0.3 is 15.1 Å². The summed E-state index contributed by atoms with van der Waals surface area (Å²) in [6.45, 7) is 2.25. The highest BCUT2D eigenvalue weighted by atomic mass is 16.4. The van der Waals surface area contributed by atoms with E-state index in [0.29, 0.717) is 11.8 Å². The van der Waals surface area contributed by atoms with Gasteiger partial charge in [0.15, 0.2) is 0 Å². The summed E-state index contributed by atoms with van der Waals surface area (Å²) in [4.78, 5) is 11.9. The molecule has 2 amide bonds. The number of hydrogen-bond acceptors (Lipinski definition) is 4. The van der Waals surface area contributed by atoms with Crippen LogP contribution >= 0.6 is 0 Å². The van der Waals surface area contributed by atoms with Crippen LogP contribution in [0.3, 0.4) is 0 Å². The van der Waals surface area contributed by atoms with Crippen LogP contribution in [0, 0.1) is 6.92 Å². The second-order valence-corrected chi connectivity index (χ2v) is 6.03. The minimum Gasteiger partial charge on any atom is -0.419 e. The van der Waals surface area contributed by atoms with Crippen LogP contribution in [0.4, 0.5) is 4.79 Å². The van der Waals surface area contributed by atoms with Crippen molar-refractivity contribution in [2.45, 2.75) is 51.6 Å². The summed E-state index contributed by atoms with van der Waals surface area (Å²) >= 11 is 0. The molecule has 0 aliphatic heterocycles. The van der Waals surface area contributed by atoms with Crippen LogP contribution in [0.25, 0.3) is 11.5 Å². The Balaban J connectivity index is 1.52. The molecule has 0 unspecified atom stereocenters. The maximum Gasteiger partial charge on any atom is 0.315 e. The van der Waals surface area contributed by atoms with Crippen LogP contribution in [0.2, 0.25) is 0 Å². The van der Waals surface area contributed by atoms with Gasteiger partial charge in [0.2, 0.25) is 11.8 Å². The van der Waals surface area contributed by atoms with Gasteiger partial charge >= 0.3 is 6.03 Å². The minimum absolute atomic E-state index is 0.174. The van der Waals surface area contributed by atoms with Gasteiger partial charge in [0.1, 0.15) is 0 Å². The molecule has 1 aliphatic rings. The molecule has 122 valence electrons. The van der Waals surface area contributed by atoms with E-state index in [9.17, 15) is 4.79 Å². The molecule has 1 fully saturated rings. The van der Waals surface area contributed by atoms with Gasteiger partial charge in [0, 0.05) is 11.6 Å². The van der Waals surface area contributed by atoms with E-state index in [1.165, 1.54) is 19.3 Å². The lowest BCUT2D eigenvalue weighted by Crippen LogP contribution is -2.42. The summed E-state index contributed by atoms with van der Waals surface area (Å²) in [6.07, 6.45) is 5.77. The van der Waals surface area contributed by atoms with E-state index in [0.717, 1.165) is 24.0 Å². The molecular weight excluding hydrogens is 292 g/mol. The number of hydrogen-bond donors (Lipinski definition) is 2. The van der Waals surface area contributed by atoms with E-state index in [4.69, 9.17) is 4.42 Å². The van der Waals surface area contributed by atoms with Crippen LogP contribution in [0.1, 0.15) is 43.6 Å². The fraction of sp³-hybridized carbons (Fsp3) is 0.471. The van der Waals surface area contributed by atoms with Crippen LogP contribution in [0.5, 0.6) is 0 Å². The van der Waals surface area contributed by atoms with Crippen molar-refractivity contribution in [1.82, 2.24) is 20.8 Å². The topological polar surface area (TPSA) is 80.0 Å². The molecule has 3 rings (SSSR count). The standard InChI is InChI=1S/C17H22N4O2/c1-12-6-5-7-13(10-12)16-21-20-15(23-16)11-18-17(22)19-14-8-3-2-4-9-14/h5-7,10,14H,2-4,8-9,11H2,1H3,(H2,18,19,22). The third kappa shape index (κ3) is 4.31. The molecule has 6 nitrogen and oxygen atoms in total. The molecule has 0 radical (unpaired) electrons. The van der Waals surface area contributed by atoms with E-state index in [2.05, 4.69) is 20.8 Å². The van der Waals surface area contributed by atoms with E-state index in [1.807, 2.05) is 31.2 Å². The van der Waals surface area contributed by atoms with Gasteiger partial charge in [-0.15, -0.1) is 10.2 Å². The van der Waals surface area contributed by atoms with Crippen molar-refractivity contribution in [3.63, 3.8) is 0 Å². The fourth-order valence-electron chi connectivity index (χ4n) is 2.86. The Morgan fingerprint density at radius 2 is 2.09 bits per heavy atom. The molecule has 1 aromatic heterocycles. The van der Waals surface area contributed by atoms with Crippen molar-refractivity contribution < 1.29 is 9.21 Å². The summed E-state index contributed by atoms with van der Waals surface area (Å²) in [5, 5.41) is 13.8. The first-order chi connectivity index (χ1) is 11.2. The maximum atomic E-state index is 11.9. The van der Waals surface area contributed by atoms with E-state index in [-0.39, 0.29) is 18.6 Å². The lowest BCUT2D eigenvalue weighted by Gasteiger charge is -2.22. The predicted octanol–water partition coefficient (Wildman–Crippen LogP) is 3.18. The van der Waals surface area contributed by atoms with Crippen molar-refractivity contribution in [2.24, 2.45) is 0 Å². The zero-order valence-corrected chi connectivity index (χ0v) is 13.3. The van der Waals surface area contributed by atoms with Gasteiger partial charge in [-0.2, -0.15) is 0 Å². The Morgan fingerprint density at radius 3 is 2.87 bits per heavy atom. The summed E-state index contributed by atoms with van der Waals surface area (Å²) < 4.78 is 5.60. The van der Waals surface area contributed by atoms with Crippen LogP contribution in [-0.2, 0) is 6.54 Å². The van der Waals surface area contributed by atoms with E-state index >= 15 is 0 Å². The number of urea groups is 1. The van der Waals surface area contributed by atoms with Gasteiger partial charge in [-0.25, -0.2) is 4.79 Å². The van der Waals surface area contributed by atoms with Gasteiger partial charge in [0.05, 0.1) is 6.54 Å². The number of nitrogens with zero attached hydrogens (tertiary/aromatic N) is 2. The molecule has 0 saturated heterocycles.